The number of Topliss-reactive ketones (excluding diaryl/α,β-unsaturated/α-hetero) is 1. The average molecular weight is 243 g/mol. The van der Waals surface area contributed by atoms with E-state index in [4.69, 9.17) is 4.74 Å². The Morgan fingerprint density at radius 2 is 2.50 bits per heavy atom. The van der Waals surface area contributed by atoms with Crippen molar-refractivity contribution < 1.29 is 9.53 Å². The van der Waals surface area contributed by atoms with Gasteiger partial charge in [-0.25, -0.2) is 0 Å². The minimum absolute atomic E-state index is 0.0445. The van der Waals surface area contributed by atoms with Gasteiger partial charge >= 0.3 is 0 Å². The second-order valence-electron chi connectivity index (χ2n) is 4.84. The third-order valence-electron chi connectivity index (χ3n) is 3.64. The molecule has 2 aliphatic heterocycles. The Kier molecular flexibility index (Phi) is 4.27. The molecule has 2 rings (SSSR count). The molecule has 92 valence electrons. The summed E-state index contributed by atoms with van der Waals surface area (Å²) in [7, 11) is 1.90. The van der Waals surface area contributed by atoms with E-state index in [0.717, 1.165) is 38.2 Å². The summed E-state index contributed by atoms with van der Waals surface area (Å²) < 4.78 is 5.92. The van der Waals surface area contributed by atoms with Crippen molar-refractivity contribution in [2.75, 3.05) is 31.7 Å². The topological polar surface area (TPSA) is 38.3 Å². The lowest BCUT2D eigenvalue weighted by Gasteiger charge is -2.37. The Labute approximate surface area is 102 Å². The van der Waals surface area contributed by atoms with Crippen molar-refractivity contribution in [3.05, 3.63) is 0 Å². The van der Waals surface area contributed by atoms with Crippen molar-refractivity contribution in [1.29, 1.82) is 0 Å². The van der Waals surface area contributed by atoms with Gasteiger partial charge in [-0.1, -0.05) is 0 Å². The summed E-state index contributed by atoms with van der Waals surface area (Å²) in [6.07, 6.45) is 3.69. The zero-order chi connectivity index (χ0) is 11.4. The fourth-order valence-corrected chi connectivity index (χ4v) is 4.00. The molecule has 3 nitrogen and oxygen atoms in total. The van der Waals surface area contributed by atoms with Gasteiger partial charge in [0.05, 0.1) is 5.60 Å². The number of rotatable bonds is 4. The molecule has 0 bridgehead atoms. The number of hydrogen-bond donors (Lipinski definition) is 1. The zero-order valence-corrected chi connectivity index (χ0v) is 10.8. The van der Waals surface area contributed by atoms with Gasteiger partial charge in [-0.15, -0.1) is 0 Å². The summed E-state index contributed by atoms with van der Waals surface area (Å²) >= 11 is 1.96. The highest BCUT2D eigenvalue weighted by molar-refractivity contribution is 7.99. The molecule has 2 fully saturated rings. The number of ketones is 1. The lowest BCUT2D eigenvalue weighted by Crippen LogP contribution is -2.42. The second-order valence-corrected chi connectivity index (χ2v) is 5.95. The first-order valence-corrected chi connectivity index (χ1v) is 7.30. The van der Waals surface area contributed by atoms with Crippen LogP contribution in [0.25, 0.3) is 0 Å². The Morgan fingerprint density at radius 3 is 3.19 bits per heavy atom. The van der Waals surface area contributed by atoms with E-state index in [-0.39, 0.29) is 11.5 Å². The predicted octanol–water partition coefficient (Wildman–Crippen LogP) is 1.47. The summed E-state index contributed by atoms with van der Waals surface area (Å²) in [6.45, 7) is 1.58. The molecule has 0 radical (unpaired) electrons. The van der Waals surface area contributed by atoms with Crippen LogP contribution in [0, 0.1) is 5.92 Å². The van der Waals surface area contributed by atoms with E-state index in [0.29, 0.717) is 12.2 Å². The second kappa shape index (κ2) is 5.52. The smallest absolute Gasteiger partial charge is 0.137 e. The van der Waals surface area contributed by atoms with Gasteiger partial charge in [0.1, 0.15) is 5.78 Å². The molecule has 0 aliphatic carbocycles. The molecule has 2 unspecified atom stereocenters. The largest absolute Gasteiger partial charge is 0.374 e. The van der Waals surface area contributed by atoms with Gasteiger partial charge in [-0.05, 0) is 32.1 Å². The SMILES string of the molecule is CNCCC(=O)C1CCOC2(CCSC2)C1. The third kappa shape index (κ3) is 2.79. The summed E-state index contributed by atoms with van der Waals surface area (Å²) in [4.78, 5) is 12.0. The molecule has 0 aromatic rings. The Hall–Kier alpha value is -0.0600. The summed E-state index contributed by atoms with van der Waals surface area (Å²) in [5.41, 5.74) is 0.0445. The maximum Gasteiger partial charge on any atom is 0.137 e. The van der Waals surface area contributed by atoms with Crippen LogP contribution in [-0.2, 0) is 9.53 Å². The summed E-state index contributed by atoms with van der Waals surface area (Å²) in [6, 6.07) is 0. The van der Waals surface area contributed by atoms with Crippen LogP contribution in [0.2, 0.25) is 0 Å². The number of carbonyl (C=O) groups excluding carboxylic acids is 1. The highest BCUT2D eigenvalue weighted by atomic mass is 32.2. The van der Waals surface area contributed by atoms with E-state index in [1.165, 1.54) is 5.75 Å². The van der Waals surface area contributed by atoms with Crippen molar-refractivity contribution in [3.8, 4) is 0 Å². The summed E-state index contributed by atoms with van der Waals surface area (Å²) in [5.74, 6) is 2.95. The molecule has 0 aromatic heterocycles. The number of carbonyl (C=O) groups is 1. The van der Waals surface area contributed by atoms with Crippen LogP contribution >= 0.6 is 11.8 Å². The molecule has 0 aromatic carbocycles. The van der Waals surface area contributed by atoms with Crippen molar-refractivity contribution in [3.63, 3.8) is 0 Å². The van der Waals surface area contributed by atoms with Crippen LogP contribution in [0.15, 0.2) is 0 Å². The van der Waals surface area contributed by atoms with E-state index < -0.39 is 0 Å². The molecular formula is C12H21NO2S. The minimum atomic E-state index is 0.0445. The number of hydrogen-bond acceptors (Lipinski definition) is 4. The minimum Gasteiger partial charge on any atom is -0.374 e. The fourth-order valence-electron chi connectivity index (χ4n) is 2.62. The van der Waals surface area contributed by atoms with Crippen molar-refractivity contribution >= 4 is 17.5 Å². The molecule has 4 heteroatoms. The molecule has 0 amide bonds. The van der Waals surface area contributed by atoms with E-state index in [9.17, 15) is 4.79 Å². The molecule has 2 saturated heterocycles. The van der Waals surface area contributed by atoms with Crippen molar-refractivity contribution in [1.82, 2.24) is 5.32 Å². The number of ether oxygens (including phenoxy) is 1. The van der Waals surface area contributed by atoms with E-state index in [1.54, 1.807) is 0 Å². The number of thioether (sulfide) groups is 1. The van der Waals surface area contributed by atoms with E-state index in [2.05, 4.69) is 5.32 Å². The molecule has 2 aliphatic rings. The lowest BCUT2D eigenvalue weighted by atomic mass is 9.82. The van der Waals surface area contributed by atoms with Gasteiger partial charge in [0.25, 0.3) is 0 Å². The lowest BCUT2D eigenvalue weighted by molar-refractivity contribution is -0.133. The zero-order valence-electron chi connectivity index (χ0n) is 9.96. The predicted molar refractivity (Wildman–Crippen MR) is 66.9 cm³/mol. The molecule has 1 spiro atoms. The Bertz CT molecular complexity index is 251. The van der Waals surface area contributed by atoms with Crippen LogP contribution in [0.5, 0.6) is 0 Å². The first-order chi connectivity index (χ1) is 7.76. The van der Waals surface area contributed by atoms with Crippen LogP contribution in [0.1, 0.15) is 25.7 Å². The van der Waals surface area contributed by atoms with Crippen molar-refractivity contribution in [2.45, 2.75) is 31.3 Å². The molecule has 0 saturated carbocycles. The standard InChI is InChI=1S/C12H21NO2S/c1-13-5-2-11(14)10-3-6-15-12(8-10)4-7-16-9-12/h10,13H,2-9H2,1H3. The Balaban J connectivity index is 1.88. The van der Waals surface area contributed by atoms with Gasteiger partial charge in [-0.3, -0.25) is 4.79 Å². The summed E-state index contributed by atoms with van der Waals surface area (Å²) in [5, 5.41) is 3.04. The molecule has 2 atom stereocenters. The van der Waals surface area contributed by atoms with Crippen molar-refractivity contribution in [2.24, 2.45) is 5.92 Å². The van der Waals surface area contributed by atoms with Gasteiger partial charge in [-0.2, -0.15) is 11.8 Å². The van der Waals surface area contributed by atoms with E-state index in [1.807, 2.05) is 18.8 Å². The van der Waals surface area contributed by atoms with Crippen LogP contribution < -0.4 is 5.32 Å². The normalized spacial score (nSPS) is 34.4. The molecule has 16 heavy (non-hydrogen) atoms. The highest BCUT2D eigenvalue weighted by Crippen LogP contribution is 2.40. The van der Waals surface area contributed by atoms with Crippen LogP contribution in [0.3, 0.4) is 0 Å². The third-order valence-corrected chi connectivity index (χ3v) is 4.86. The van der Waals surface area contributed by atoms with Gasteiger partial charge in [0.15, 0.2) is 0 Å². The average Bonchev–Trinajstić information content (AvgIpc) is 2.74. The van der Waals surface area contributed by atoms with Crippen LogP contribution in [0.4, 0.5) is 0 Å². The van der Waals surface area contributed by atoms with Gasteiger partial charge in [0.2, 0.25) is 0 Å². The molecule has 1 N–H and O–H groups in total. The van der Waals surface area contributed by atoms with Crippen LogP contribution in [-0.4, -0.2) is 43.1 Å². The molecular weight excluding hydrogens is 222 g/mol. The van der Waals surface area contributed by atoms with Gasteiger partial charge in [0, 0.05) is 31.2 Å². The number of nitrogens with one attached hydrogen (secondary N) is 1. The maximum atomic E-state index is 12.0. The molecule has 2 heterocycles. The van der Waals surface area contributed by atoms with E-state index >= 15 is 0 Å². The maximum absolute atomic E-state index is 12.0. The fraction of sp³-hybridized carbons (Fsp3) is 0.917. The highest BCUT2D eigenvalue weighted by Gasteiger charge is 2.41. The monoisotopic (exact) mass is 243 g/mol. The first kappa shape index (κ1) is 12.4. The Morgan fingerprint density at radius 1 is 1.62 bits per heavy atom. The first-order valence-electron chi connectivity index (χ1n) is 6.15. The van der Waals surface area contributed by atoms with Gasteiger partial charge < -0.3 is 10.1 Å². The quantitative estimate of drug-likeness (QED) is 0.811.